The standard InChI is InChI=1S/C9H10N2O3S2/c12-7-1-5(3-15)2-11(7)9-10-6(4-16-9)8(13)14/h4-5,15H,1-3H2,(H,13,14). The van der Waals surface area contributed by atoms with Crippen LogP contribution >= 0.6 is 24.0 Å². The second-order valence-electron chi connectivity index (χ2n) is 3.58. The number of anilines is 1. The summed E-state index contributed by atoms with van der Waals surface area (Å²) in [5.74, 6) is -0.197. The normalized spacial score (nSPS) is 20.4. The molecule has 1 aromatic rings. The summed E-state index contributed by atoms with van der Waals surface area (Å²) in [4.78, 5) is 27.7. The summed E-state index contributed by atoms with van der Waals surface area (Å²) in [5, 5.41) is 10.6. The Balaban J connectivity index is 2.18. The molecule has 1 amide bonds. The van der Waals surface area contributed by atoms with Crippen LogP contribution in [0, 0.1) is 5.92 Å². The van der Waals surface area contributed by atoms with Crippen LogP contribution in [0.25, 0.3) is 0 Å². The van der Waals surface area contributed by atoms with E-state index in [2.05, 4.69) is 17.6 Å². The van der Waals surface area contributed by atoms with E-state index in [1.807, 2.05) is 0 Å². The second-order valence-corrected chi connectivity index (χ2v) is 4.78. The van der Waals surface area contributed by atoms with Crippen LogP contribution in [0.1, 0.15) is 16.9 Å². The molecule has 1 saturated heterocycles. The third-order valence-corrected chi connectivity index (χ3v) is 3.79. The van der Waals surface area contributed by atoms with Gasteiger partial charge in [0.05, 0.1) is 0 Å². The van der Waals surface area contributed by atoms with E-state index in [9.17, 15) is 9.59 Å². The summed E-state index contributed by atoms with van der Waals surface area (Å²) in [6.07, 6.45) is 0.464. The summed E-state index contributed by atoms with van der Waals surface area (Å²) in [5.41, 5.74) is -0.0119. The summed E-state index contributed by atoms with van der Waals surface area (Å²) in [6.45, 7) is 0.578. The lowest BCUT2D eigenvalue weighted by atomic mass is 10.1. The van der Waals surface area contributed by atoms with Crippen molar-refractivity contribution in [1.29, 1.82) is 0 Å². The average Bonchev–Trinajstić information content (AvgIpc) is 2.83. The number of thiazole rings is 1. The van der Waals surface area contributed by atoms with Crippen LogP contribution in [-0.2, 0) is 4.79 Å². The van der Waals surface area contributed by atoms with Crippen molar-refractivity contribution in [2.45, 2.75) is 6.42 Å². The zero-order chi connectivity index (χ0) is 11.7. The molecule has 0 saturated carbocycles. The van der Waals surface area contributed by atoms with Crippen molar-refractivity contribution in [3.63, 3.8) is 0 Å². The van der Waals surface area contributed by atoms with Gasteiger partial charge in [-0.2, -0.15) is 12.6 Å². The quantitative estimate of drug-likeness (QED) is 0.797. The number of thiol groups is 1. The van der Waals surface area contributed by atoms with E-state index in [-0.39, 0.29) is 17.5 Å². The summed E-state index contributed by atoms with van der Waals surface area (Å²) in [7, 11) is 0. The molecule has 0 aromatic carbocycles. The fourth-order valence-electron chi connectivity index (χ4n) is 1.58. The van der Waals surface area contributed by atoms with E-state index in [1.165, 1.54) is 21.6 Å². The number of hydrogen-bond acceptors (Lipinski definition) is 5. The lowest BCUT2D eigenvalue weighted by Gasteiger charge is -2.11. The van der Waals surface area contributed by atoms with Gasteiger partial charge in [0.25, 0.3) is 0 Å². The molecule has 0 aliphatic carbocycles. The molecule has 1 N–H and O–H groups in total. The minimum absolute atomic E-state index is 0.00895. The number of aromatic nitrogens is 1. The SMILES string of the molecule is O=C(O)c1csc(N2CC(CS)CC2=O)n1. The number of nitrogens with zero attached hydrogens (tertiary/aromatic N) is 2. The van der Waals surface area contributed by atoms with Gasteiger partial charge in [-0.3, -0.25) is 9.69 Å². The van der Waals surface area contributed by atoms with Gasteiger partial charge >= 0.3 is 5.97 Å². The highest BCUT2D eigenvalue weighted by molar-refractivity contribution is 7.80. The number of carbonyl (C=O) groups is 2. The van der Waals surface area contributed by atoms with Crippen LogP contribution < -0.4 is 4.90 Å². The Hall–Kier alpha value is -1.08. The Kier molecular flexibility index (Phi) is 3.15. The topological polar surface area (TPSA) is 70.5 Å². The number of aromatic carboxylic acids is 1. The maximum absolute atomic E-state index is 11.6. The van der Waals surface area contributed by atoms with Gasteiger partial charge in [0, 0.05) is 18.3 Å². The van der Waals surface area contributed by atoms with Gasteiger partial charge in [-0.1, -0.05) is 0 Å². The number of carboxylic acids is 1. The Morgan fingerprint density at radius 1 is 1.75 bits per heavy atom. The molecule has 0 bridgehead atoms. The molecule has 0 spiro atoms. The number of hydrogen-bond donors (Lipinski definition) is 2. The molecule has 1 atom stereocenters. The molecule has 2 rings (SSSR count). The molecule has 16 heavy (non-hydrogen) atoms. The van der Waals surface area contributed by atoms with Gasteiger partial charge in [0.1, 0.15) is 0 Å². The van der Waals surface area contributed by atoms with Gasteiger partial charge in [-0.25, -0.2) is 9.78 Å². The molecule has 5 nitrogen and oxygen atoms in total. The Morgan fingerprint density at radius 2 is 2.50 bits per heavy atom. The first-order chi connectivity index (χ1) is 7.61. The Morgan fingerprint density at radius 3 is 3.00 bits per heavy atom. The number of carbonyl (C=O) groups excluding carboxylic acids is 1. The first-order valence-electron chi connectivity index (χ1n) is 4.72. The minimum Gasteiger partial charge on any atom is -0.476 e. The molecule has 1 fully saturated rings. The van der Waals surface area contributed by atoms with Gasteiger partial charge in [0.15, 0.2) is 10.8 Å². The van der Waals surface area contributed by atoms with Crippen LogP contribution in [0.15, 0.2) is 5.38 Å². The highest BCUT2D eigenvalue weighted by Gasteiger charge is 2.31. The average molecular weight is 258 g/mol. The van der Waals surface area contributed by atoms with Gasteiger partial charge in [-0.05, 0) is 11.7 Å². The Bertz CT molecular complexity index is 432. The van der Waals surface area contributed by atoms with E-state index >= 15 is 0 Å². The van der Waals surface area contributed by atoms with E-state index < -0.39 is 5.97 Å². The van der Waals surface area contributed by atoms with Crippen molar-refractivity contribution in [2.24, 2.45) is 5.92 Å². The maximum Gasteiger partial charge on any atom is 0.355 e. The third kappa shape index (κ3) is 2.05. The van der Waals surface area contributed by atoms with Gasteiger partial charge < -0.3 is 5.11 Å². The van der Waals surface area contributed by atoms with Gasteiger partial charge in [-0.15, -0.1) is 11.3 Å². The lowest BCUT2D eigenvalue weighted by molar-refractivity contribution is -0.117. The number of carboxylic acid groups (broad SMARTS) is 1. The predicted molar refractivity (Wildman–Crippen MR) is 63.4 cm³/mol. The van der Waals surface area contributed by atoms with Crippen LogP contribution in [0.2, 0.25) is 0 Å². The molecule has 2 heterocycles. The number of rotatable bonds is 3. The molecular weight excluding hydrogens is 248 g/mol. The monoisotopic (exact) mass is 258 g/mol. The molecule has 1 aliphatic heterocycles. The van der Waals surface area contributed by atoms with Crippen molar-refractivity contribution >= 4 is 41.0 Å². The fraction of sp³-hybridized carbons (Fsp3) is 0.444. The predicted octanol–water partition coefficient (Wildman–Crippen LogP) is 1.12. The molecule has 1 aromatic heterocycles. The number of amides is 1. The van der Waals surface area contributed by atoms with Crippen LogP contribution in [0.4, 0.5) is 5.13 Å². The van der Waals surface area contributed by atoms with Crippen molar-refractivity contribution in [3.05, 3.63) is 11.1 Å². The van der Waals surface area contributed by atoms with Crippen LogP contribution in [0.3, 0.4) is 0 Å². The summed E-state index contributed by atoms with van der Waals surface area (Å²) < 4.78 is 0. The molecule has 1 aliphatic rings. The van der Waals surface area contributed by atoms with Crippen LogP contribution in [0.5, 0.6) is 0 Å². The van der Waals surface area contributed by atoms with E-state index in [0.29, 0.717) is 23.8 Å². The minimum atomic E-state index is -1.07. The lowest BCUT2D eigenvalue weighted by Crippen LogP contribution is -2.24. The smallest absolute Gasteiger partial charge is 0.355 e. The molecule has 86 valence electrons. The highest BCUT2D eigenvalue weighted by atomic mass is 32.1. The summed E-state index contributed by atoms with van der Waals surface area (Å²) in [6, 6.07) is 0. The Labute approximate surface area is 102 Å². The highest BCUT2D eigenvalue weighted by Crippen LogP contribution is 2.28. The maximum atomic E-state index is 11.6. The van der Waals surface area contributed by atoms with E-state index in [0.717, 1.165) is 0 Å². The van der Waals surface area contributed by atoms with Crippen molar-refractivity contribution in [1.82, 2.24) is 4.98 Å². The summed E-state index contributed by atoms with van der Waals surface area (Å²) >= 11 is 5.34. The zero-order valence-corrected chi connectivity index (χ0v) is 10.0. The first kappa shape index (κ1) is 11.4. The van der Waals surface area contributed by atoms with Crippen LogP contribution in [-0.4, -0.2) is 34.3 Å². The third-order valence-electron chi connectivity index (χ3n) is 2.41. The molecular formula is C9H10N2O3S2. The van der Waals surface area contributed by atoms with E-state index in [4.69, 9.17) is 5.11 Å². The largest absolute Gasteiger partial charge is 0.476 e. The first-order valence-corrected chi connectivity index (χ1v) is 6.23. The molecule has 0 radical (unpaired) electrons. The van der Waals surface area contributed by atoms with Crippen molar-refractivity contribution in [3.8, 4) is 0 Å². The van der Waals surface area contributed by atoms with Gasteiger partial charge in [0.2, 0.25) is 5.91 Å². The van der Waals surface area contributed by atoms with Crippen molar-refractivity contribution < 1.29 is 14.7 Å². The molecule has 7 heteroatoms. The zero-order valence-electron chi connectivity index (χ0n) is 8.29. The van der Waals surface area contributed by atoms with Crippen molar-refractivity contribution in [2.75, 3.05) is 17.2 Å². The van der Waals surface area contributed by atoms with E-state index in [1.54, 1.807) is 0 Å². The molecule has 1 unspecified atom stereocenters. The second kappa shape index (κ2) is 4.42. The fourth-order valence-corrected chi connectivity index (χ4v) is 2.65.